The molecule has 0 aliphatic rings. The average molecular weight is 212 g/mol. The second-order valence-corrected chi connectivity index (χ2v) is 2.26. The van der Waals surface area contributed by atoms with Crippen molar-refractivity contribution in [2.24, 2.45) is 3.34 Å². The number of rotatable bonds is 1. The number of nitrogens with zero attached hydrogens (tertiary/aromatic N) is 1. The van der Waals surface area contributed by atoms with Gasteiger partial charge in [-0.05, 0) is 0 Å². The van der Waals surface area contributed by atoms with Crippen LogP contribution < -0.4 is 0 Å². The molecule has 0 aromatic heterocycles. The van der Waals surface area contributed by atoms with E-state index in [1.807, 2.05) is 18.2 Å². The molecule has 0 heterocycles. The summed E-state index contributed by atoms with van der Waals surface area (Å²) in [6.07, 6.45) is 0. The summed E-state index contributed by atoms with van der Waals surface area (Å²) in [5, 5.41) is 0. The normalized spacial score (nSPS) is 8.70. The summed E-state index contributed by atoms with van der Waals surface area (Å²) in [6.45, 7) is 0. The van der Waals surface area contributed by atoms with Gasteiger partial charge in [0.25, 0.3) is 0 Å². The van der Waals surface area contributed by atoms with Crippen LogP contribution in [0.15, 0.2) is 33.7 Å². The van der Waals surface area contributed by atoms with Gasteiger partial charge in [-0.1, -0.05) is 0 Å². The van der Waals surface area contributed by atoms with Crippen LogP contribution >= 0.6 is 0 Å². The fourth-order valence-corrected chi connectivity index (χ4v) is 0.922. The van der Waals surface area contributed by atoms with Crippen molar-refractivity contribution < 1.29 is 25.7 Å². The van der Waals surface area contributed by atoms with Gasteiger partial charge in [0.2, 0.25) is 0 Å². The molecule has 1 aromatic carbocycles. The topological polar surface area (TPSA) is 29.4 Å². The second kappa shape index (κ2) is 3.56. The summed E-state index contributed by atoms with van der Waals surface area (Å²) >= 11 is 1.17. The average Bonchev–Trinajstić information content (AvgIpc) is 2.05. The van der Waals surface area contributed by atoms with Gasteiger partial charge in [-0.25, -0.2) is 0 Å². The van der Waals surface area contributed by atoms with Crippen LogP contribution in [-0.2, 0) is 20.9 Å². The summed E-state index contributed by atoms with van der Waals surface area (Å²) < 4.78 is 3.57. The van der Waals surface area contributed by atoms with Crippen molar-refractivity contribution in [1.29, 1.82) is 0 Å². The third kappa shape index (κ3) is 1.70. The molecular formula is C7H5NNbO. The molecule has 0 atom stereocenters. The molecular weight excluding hydrogens is 207 g/mol. The molecule has 0 fully saturated rings. The van der Waals surface area contributed by atoms with Crippen molar-refractivity contribution in [3.05, 3.63) is 35.9 Å². The first-order valence-electron chi connectivity index (χ1n) is 2.79. The fourth-order valence-electron chi connectivity index (χ4n) is 0.638. The molecule has 0 bridgehead atoms. The number of benzene rings is 1. The summed E-state index contributed by atoms with van der Waals surface area (Å²) in [6, 6.07) is 9.03. The van der Waals surface area contributed by atoms with E-state index < -0.39 is 0 Å². The Morgan fingerprint density at radius 1 is 1.30 bits per heavy atom. The predicted octanol–water partition coefficient (Wildman–Crippen LogP) is 1.56. The van der Waals surface area contributed by atoms with E-state index in [1.54, 1.807) is 12.1 Å². The number of carbonyl (C=O) groups excluding carboxylic acids is 1. The van der Waals surface area contributed by atoms with E-state index in [9.17, 15) is 4.79 Å². The molecule has 1 rings (SSSR count). The molecule has 0 aliphatic heterocycles. The third-order valence-electron chi connectivity index (χ3n) is 1.11. The van der Waals surface area contributed by atoms with Crippen LogP contribution in [0.25, 0.3) is 0 Å². The quantitative estimate of drug-likeness (QED) is 0.649. The van der Waals surface area contributed by atoms with Crippen molar-refractivity contribution in [3.8, 4) is 0 Å². The molecule has 0 spiro atoms. The van der Waals surface area contributed by atoms with Gasteiger partial charge in [-0.15, -0.1) is 0 Å². The van der Waals surface area contributed by atoms with Gasteiger partial charge in [0.15, 0.2) is 0 Å². The molecule has 1 amide bonds. The van der Waals surface area contributed by atoms with Crippen LogP contribution in [0.5, 0.6) is 0 Å². The standard InChI is InChI=1S/C7H5NO.Nb/c8-7(9)6-4-2-1-3-5-6;/h1-5H;. The summed E-state index contributed by atoms with van der Waals surface area (Å²) in [5.41, 5.74) is 0.656. The van der Waals surface area contributed by atoms with Crippen molar-refractivity contribution >= 4 is 5.91 Å². The van der Waals surface area contributed by atoms with Crippen LogP contribution in [0.1, 0.15) is 10.4 Å². The second-order valence-electron chi connectivity index (χ2n) is 1.77. The number of hydrogen-bond acceptors (Lipinski definition) is 1. The zero-order valence-corrected chi connectivity index (χ0v) is 7.39. The number of amides is 1. The van der Waals surface area contributed by atoms with Gasteiger partial charge in [-0.2, -0.15) is 0 Å². The Hall–Kier alpha value is -0.570. The van der Waals surface area contributed by atoms with E-state index >= 15 is 0 Å². The van der Waals surface area contributed by atoms with Gasteiger partial charge in [0, 0.05) is 0 Å². The van der Waals surface area contributed by atoms with Crippen LogP contribution in [0.2, 0.25) is 0 Å². The van der Waals surface area contributed by atoms with Crippen LogP contribution in [0.4, 0.5) is 0 Å². The molecule has 1 aromatic rings. The fraction of sp³-hybridized carbons (Fsp3) is 0. The first-order valence-corrected chi connectivity index (χ1v) is 3.77. The molecule has 0 N–H and O–H groups in total. The first kappa shape index (κ1) is 7.54. The summed E-state index contributed by atoms with van der Waals surface area (Å²) in [7, 11) is 0. The molecule has 0 aliphatic carbocycles. The molecule has 0 unspecified atom stereocenters. The SMILES string of the molecule is O=C([N]=[Nb])c1ccccc1. The van der Waals surface area contributed by atoms with Crippen LogP contribution in [-0.4, -0.2) is 5.91 Å². The minimum atomic E-state index is -0.144. The van der Waals surface area contributed by atoms with Crippen LogP contribution in [0, 0.1) is 0 Å². The molecule has 0 radical (unpaired) electrons. The summed E-state index contributed by atoms with van der Waals surface area (Å²) in [4.78, 5) is 10.9. The van der Waals surface area contributed by atoms with E-state index in [2.05, 4.69) is 3.34 Å². The molecule has 10 heavy (non-hydrogen) atoms. The Labute approximate surface area is 71.0 Å². The third-order valence-corrected chi connectivity index (χ3v) is 1.56. The molecule has 0 saturated heterocycles. The molecule has 49 valence electrons. The number of carbonyl (C=O) groups is 1. The monoisotopic (exact) mass is 212 g/mol. The van der Waals surface area contributed by atoms with E-state index in [-0.39, 0.29) is 5.91 Å². The number of hydrogen-bond donors (Lipinski definition) is 0. The Balaban J connectivity index is 2.95. The van der Waals surface area contributed by atoms with E-state index in [4.69, 9.17) is 0 Å². The Morgan fingerprint density at radius 2 is 1.90 bits per heavy atom. The summed E-state index contributed by atoms with van der Waals surface area (Å²) in [5.74, 6) is -0.144. The minimum absolute atomic E-state index is 0.144. The maximum atomic E-state index is 10.9. The van der Waals surface area contributed by atoms with Gasteiger partial charge in [0.1, 0.15) is 0 Å². The van der Waals surface area contributed by atoms with Crippen molar-refractivity contribution in [2.75, 3.05) is 0 Å². The van der Waals surface area contributed by atoms with E-state index in [0.717, 1.165) is 0 Å². The van der Waals surface area contributed by atoms with Crippen molar-refractivity contribution in [2.45, 2.75) is 0 Å². The molecule has 0 saturated carbocycles. The predicted molar refractivity (Wildman–Crippen MR) is 33.2 cm³/mol. The Kier molecular flexibility index (Phi) is 2.68. The van der Waals surface area contributed by atoms with E-state index in [1.165, 1.54) is 20.9 Å². The van der Waals surface area contributed by atoms with Gasteiger partial charge in [0.05, 0.1) is 0 Å². The van der Waals surface area contributed by atoms with Gasteiger partial charge in [-0.3, -0.25) is 0 Å². The Morgan fingerprint density at radius 3 is 2.40 bits per heavy atom. The van der Waals surface area contributed by atoms with E-state index in [0.29, 0.717) is 5.56 Å². The Bertz CT molecular complexity index is 245. The molecule has 2 nitrogen and oxygen atoms in total. The van der Waals surface area contributed by atoms with Gasteiger partial charge >= 0.3 is 70.8 Å². The first-order chi connectivity index (χ1) is 4.84. The zero-order valence-electron chi connectivity index (χ0n) is 5.19. The van der Waals surface area contributed by atoms with Crippen LogP contribution in [0.3, 0.4) is 0 Å². The zero-order chi connectivity index (χ0) is 7.40. The van der Waals surface area contributed by atoms with Gasteiger partial charge < -0.3 is 0 Å². The van der Waals surface area contributed by atoms with Crippen molar-refractivity contribution in [1.82, 2.24) is 0 Å². The maximum absolute atomic E-state index is 10.9. The molecule has 3 heteroatoms. The van der Waals surface area contributed by atoms with Crippen molar-refractivity contribution in [3.63, 3.8) is 0 Å².